The van der Waals surface area contributed by atoms with E-state index in [0.717, 1.165) is 37.0 Å². The highest BCUT2D eigenvalue weighted by atomic mass is 16.5. The van der Waals surface area contributed by atoms with E-state index in [1.165, 1.54) is 6.92 Å². The van der Waals surface area contributed by atoms with E-state index in [4.69, 9.17) is 9.47 Å². The molecule has 2 fully saturated rings. The summed E-state index contributed by atoms with van der Waals surface area (Å²) in [5.74, 6) is 1.64. The van der Waals surface area contributed by atoms with E-state index < -0.39 is 11.0 Å². The molecule has 28 heavy (non-hydrogen) atoms. The predicted octanol–water partition coefficient (Wildman–Crippen LogP) is 4.05. The predicted molar refractivity (Wildman–Crippen MR) is 104 cm³/mol. The van der Waals surface area contributed by atoms with Crippen LogP contribution in [0.25, 0.3) is 0 Å². The van der Waals surface area contributed by atoms with Crippen molar-refractivity contribution in [3.63, 3.8) is 0 Å². The lowest BCUT2D eigenvalue weighted by Crippen LogP contribution is -2.60. The lowest BCUT2D eigenvalue weighted by molar-refractivity contribution is -0.178. The van der Waals surface area contributed by atoms with E-state index in [0.29, 0.717) is 31.6 Å². The quantitative estimate of drug-likeness (QED) is 0.738. The third-order valence-electron chi connectivity index (χ3n) is 8.29. The van der Waals surface area contributed by atoms with Crippen molar-refractivity contribution in [2.24, 2.45) is 22.7 Å². The van der Waals surface area contributed by atoms with Gasteiger partial charge >= 0.3 is 5.97 Å². The molecule has 5 nitrogen and oxygen atoms in total. The summed E-state index contributed by atoms with van der Waals surface area (Å²) in [4.78, 5) is 24.5. The second-order valence-electron chi connectivity index (χ2n) is 9.53. The number of hydrogen-bond acceptors (Lipinski definition) is 5. The van der Waals surface area contributed by atoms with Gasteiger partial charge < -0.3 is 14.6 Å². The van der Waals surface area contributed by atoms with Crippen molar-refractivity contribution in [3.05, 3.63) is 23.2 Å². The molecule has 0 bridgehead atoms. The maximum absolute atomic E-state index is 12.7. The molecule has 154 valence electrons. The van der Waals surface area contributed by atoms with Gasteiger partial charge in [-0.05, 0) is 62.9 Å². The molecule has 0 heterocycles. The van der Waals surface area contributed by atoms with Gasteiger partial charge in [0.2, 0.25) is 0 Å². The Bertz CT molecular complexity index is 780. The number of ketones is 1. The van der Waals surface area contributed by atoms with Crippen LogP contribution in [0.2, 0.25) is 0 Å². The number of carbonyl (C=O) groups is 2. The van der Waals surface area contributed by atoms with Crippen molar-refractivity contribution in [1.82, 2.24) is 0 Å². The Morgan fingerprint density at radius 3 is 2.64 bits per heavy atom. The molecule has 0 aromatic rings. The summed E-state index contributed by atoms with van der Waals surface area (Å²) in [7, 11) is 0. The highest BCUT2D eigenvalue weighted by molar-refractivity contribution is 5.88. The van der Waals surface area contributed by atoms with E-state index in [9.17, 15) is 14.7 Å². The average molecular weight is 389 g/mol. The maximum Gasteiger partial charge on any atom is 0.307 e. The van der Waals surface area contributed by atoms with Crippen LogP contribution in [-0.2, 0) is 19.1 Å². The SMILES string of the molecule is CCOC1=CC2=C(OC(C)=O)C[C@@H]3[C@H](CC[C@]4(C)C(=O)CC[C@@]34O)[C@@]2(C)CC1. The molecule has 0 radical (unpaired) electrons. The first kappa shape index (κ1) is 19.7. The van der Waals surface area contributed by atoms with Crippen molar-refractivity contribution >= 4 is 11.8 Å². The molecule has 4 aliphatic rings. The lowest BCUT2D eigenvalue weighted by atomic mass is 9.47. The molecule has 4 aliphatic carbocycles. The highest BCUT2D eigenvalue weighted by Crippen LogP contribution is 2.66. The van der Waals surface area contributed by atoms with Crippen molar-refractivity contribution in [1.29, 1.82) is 0 Å². The number of aliphatic hydroxyl groups is 1. The van der Waals surface area contributed by atoms with Gasteiger partial charge in [-0.2, -0.15) is 0 Å². The van der Waals surface area contributed by atoms with Crippen LogP contribution < -0.4 is 0 Å². The number of hydrogen-bond donors (Lipinski definition) is 1. The van der Waals surface area contributed by atoms with Crippen LogP contribution in [0.1, 0.15) is 72.6 Å². The zero-order chi connectivity index (χ0) is 20.3. The Labute approximate surface area is 167 Å². The standard InChI is InChI=1S/C23H32O5/c1-5-27-15-6-9-21(3)16-7-10-22(4)20(25)8-11-23(22,26)17(16)13-19(18(21)12-15)28-14(2)24/h12,16-17,26H,5-11,13H2,1-4H3/t16-,17+,21+,22+,23+/m0/s1. The number of carbonyl (C=O) groups excluding carboxylic acids is 2. The number of allylic oxidation sites excluding steroid dienone is 4. The summed E-state index contributed by atoms with van der Waals surface area (Å²) < 4.78 is 11.5. The number of esters is 1. The smallest absolute Gasteiger partial charge is 0.307 e. The molecular formula is C23H32O5. The largest absolute Gasteiger partial charge is 0.498 e. The number of rotatable bonds is 3. The van der Waals surface area contributed by atoms with Crippen LogP contribution in [0, 0.1) is 22.7 Å². The van der Waals surface area contributed by atoms with Gasteiger partial charge in [0.15, 0.2) is 0 Å². The van der Waals surface area contributed by atoms with E-state index in [1.807, 2.05) is 13.8 Å². The summed E-state index contributed by atoms with van der Waals surface area (Å²) >= 11 is 0. The molecule has 5 atom stereocenters. The van der Waals surface area contributed by atoms with Crippen LogP contribution in [0.5, 0.6) is 0 Å². The molecule has 2 saturated carbocycles. The molecule has 0 aliphatic heterocycles. The normalized spacial score (nSPS) is 42.3. The van der Waals surface area contributed by atoms with Crippen LogP contribution in [-0.4, -0.2) is 29.1 Å². The fraction of sp³-hybridized carbons (Fsp3) is 0.739. The maximum atomic E-state index is 12.7. The topological polar surface area (TPSA) is 72.8 Å². The molecule has 0 aromatic carbocycles. The zero-order valence-corrected chi connectivity index (χ0v) is 17.5. The van der Waals surface area contributed by atoms with Crippen LogP contribution in [0.4, 0.5) is 0 Å². The second kappa shape index (κ2) is 6.45. The van der Waals surface area contributed by atoms with Crippen LogP contribution >= 0.6 is 0 Å². The molecule has 0 saturated heterocycles. The summed E-state index contributed by atoms with van der Waals surface area (Å²) in [6.45, 7) is 8.20. The van der Waals surface area contributed by atoms with Gasteiger partial charge in [0, 0.05) is 31.8 Å². The minimum atomic E-state index is -1.02. The monoisotopic (exact) mass is 388 g/mol. The second-order valence-corrected chi connectivity index (χ2v) is 9.53. The van der Waals surface area contributed by atoms with Crippen molar-refractivity contribution < 1.29 is 24.2 Å². The van der Waals surface area contributed by atoms with Crippen LogP contribution in [0.15, 0.2) is 23.2 Å². The molecule has 5 heteroatoms. The molecule has 4 rings (SSSR count). The van der Waals surface area contributed by atoms with Crippen molar-refractivity contribution in [3.8, 4) is 0 Å². The van der Waals surface area contributed by atoms with Gasteiger partial charge in [-0.15, -0.1) is 0 Å². The van der Waals surface area contributed by atoms with Crippen molar-refractivity contribution in [2.75, 3.05) is 6.61 Å². The fourth-order valence-corrected chi connectivity index (χ4v) is 6.68. The van der Waals surface area contributed by atoms with E-state index in [-0.39, 0.29) is 29.0 Å². The third-order valence-corrected chi connectivity index (χ3v) is 8.29. The van der Waals surface area contributed by atoms with Crippen molar-refractivity contribution in [2.45, 2.75) is 78.2 Å². The summed E-state index contributed by atoms with van der Waals surface area (Å²) in [6, 6.07) is 0. The van der Waals surface area contributed by atoms with Gasteiger partial charge in [0.25, 0.3) is 0 Å². The molecule has 0 aromatic heterocycles. The van der Waals surface area contributed by atoms with Gasteiger partial charge in [0.1, 0.15) is 11.5 Å². The minimum absolute atomic E-state index is 0.0668. The number of Topliss-reactive ketones (excluding diaryl/α,β-unsaturated/α-hetero) is 1. The van der Waals surface area contributed by atoms with E-state index in [2.05, 4.69) is 13.0 Å². The van der Waals surface area contributed by atoms with Gasteiger partial charge in [0.05, 0.1) is 23.4 Å². The highest BCUT2D eigenvalue weighted by Gasteiger charge is 2.67. The van der Waals surface area contributed by atoms with E-state index in [1.54, 1.807) is 0 Å². The Kier molecular flexibility index (Phi) is 4.53. The van der Waals surface area contributed by atoms with Gasteiger partial charge in [-0.3, -0.25) is 9.59 Å². The van der Waals surface area contributed by atoms with Gasteiger partial charge in [-0.25, -0.2) is 0 Å². The third kappa shape index (κ3) is 2.54. The Balaban J connectivity index is 1.82. The molecule has 0 spiro atoms. The summed E-state index contributed by atoms with van der Waals surface area (Å²) in [5.41, 5.74) is -0.826. The summed E-state index contributed by atoms with van der Waals surface area (Å²) in [5, 5.41) is 11.8. The summed E-state index contributed by atoms with van der Waals surface area (Å²) in [6.07, 6.45) is 6.93. The number of ether oxygens (including phenoxy) is 2. The molecule has 1 N–H and O–H groups in total. The molecular weight excluding hydrogens is 356 g/mol. The first-order valence-electron chi connectivity index (χ1n) is 10.7. The zero-order valence-electron chi connectivity index (χ0n) is 17.5. The Morgan fingerprint density at radius 2 is 1.96 bits per heavy atom. The Hall–Kier alpha value is -1.62. The average Bonchev–Trinajstić information content (AvgIpc) is 2.87. The first-order valence-corrected chi connectivity index (χ1v) is 10.7. The fourth-order valence-electron chi connectivity index (χ4n) is 6.68. The lowest BCUT2D eigenvalue weighted by Gasteiger charge is -2.59. The number of fused-ring (bicyclic) bond motifs is 5. The first-order chi connectivity index (χ1) is 13.2. The molecule has 0 unspecified atom stereocenters. The minimum Gasteiger partial charge on any atom is -0.498 e. The molecule has 0 amide bonds. The Morgan fingerprint density at radius 1 is 1.21 bits per heavy atom. The van der Waals surface area contributed by atoms with Gasteiger partial charge in [-0.1, -0.05) is 6.92 Å². The van der Waals surface area contributed by atoms with Crippen LogP contribution in [0.3, 0.4) is 0 Å². The van der Waals surface area contributed by atoms with E-state index >= 15 is 0 Å².